The van der Waals surface area contributed by atoms with Gasteiger partial charge in [0, 0.05) is 26.2 Å². The lowest BCUT2D eigenvalue weighted by Gasteiger charge is -2.38. The third-order valence-corrected chi connectivity index (χ3v) is 4.39. The highest BCUT2D eigenvalue weighted by atomic mass is 15.2. The van der Waals surface area contributed by atoms with Gasteiger partial charge in [-0.1, -0.05) is 30.3 Å². The number of aromatic nitrogens is 2. The molecule has 0 bridgehead atoms. The molecule has 0 radical (unpaired) electrons. The fraction of sp³-hybridized carbons (Fsp3) is 0.389. The number of hydrogen-bond donors (Lipinski definition) is 0. The average Bonchev–Trinajstić information content (AvgIpc) is 2.62. The number of rotatable bonds is 4. The lowest BCUT2D eigenvalue weighted by molar-refractivity contribution is 0.198. The molecule has 0 spiro atoms. The number of piperidine rings is 1. The van der Waals surface area contributed by atoms with Gasteiger partial charge in [-0.2, -0.15) is 5.26 Å². The first-order valence-corrected chi connectivity index (χ1v) is 7.97. The van der Waals surface area contributed by atoms with Gasteiger partial charge in [0.2, 0.25) is 0 Å². The Morgan fingerprint density at radius 3 is 2.78 bits per heavy atom. The molecule has 1 unspecified atom stereocenters. The molecule has 23 heavy (non-hydrogen) atoms. The summed E-state index contributed by atoms with van der Waals surface area (Å²) in [5, 5.41) is 8.82. The van der Waals surface area contributed by atoms with Crippen molar-refractivity contribution in [3.05, 3.63) is 54.0 Å². The van der Waals surface area contributed by atoms with Crippen molar-refractivity contribution in [2.75, 3.05) is 25.0 Å². The van der Waals surface area contributed by atoms with Crippen LogP contribution < -0.4 is 4.90 Å². The summed E-state index contributed by atoms with van der Waals surface area (Å²) in [5.74, 6) is 0.829. The average molecular weight is 307 g/mol. The summed E-state index contributed by atoms with van der Waals surface area (Å²) in [6.45, 7) is 3.15. The first kappa shape index (κ1) is 15.4. The Kier molecular flexibility index (Phi) is 4.84. The summed E-state index contributed by atoms with van der Waals surface area (Å²) in [5.41, 5.74) is 1.71. The molecule has 1 aliphatic heterocycles. The van der Waals surface area contributed by atoms with Gasteiger partial charge in [-0.15, -0.1) is 0 Å². The first-order valence-electron chi connectivity index (χ1n) is 7.97. The van der Waals surface area contributed by atoms with E-state index in [1.807, 2.05) is 6.07 Å². The van der Waals surface area contributed by atoms with Crippen LogP contribution in [0.15, 0.2) is 42.7 Å². The third kappa shape index (κ3) is 3.85. The van der Waals surface area contributed by atoms with Gasteiger partial charge >= 0.3 is 0 Å². The van der Waals surface area contributed by atoms with Gasteiger partial charge in [-0.3, -0.25) is 4.90 Å². The van der Waals surface area contributed by atoms with Crippen molar-refractivity contribution in [3.63, 3.8) is 0 Å². The van der Waals surface area contributed by atoms with Gasteiger partial charge in [0.15, 0.2) is 5.69 Å². The van der Waals surface area contributed by atoms with E-state index in [4.69, 9.17) is 5.26 Å². The predicted octanol–water partition coefficient (Wildman–Crippen LogP) is 2.45. The Morgan fingerprint density at radius 1 is 1.26 bits per heavy atom. The van der Waals surface area contributed by atoms with Crippen molar-refractivity contribution < 1.29 is 0 Å². The number of likely N-dealkylation sites (N-methyl/N-ethyl adjacent to an activating group) is 1. The number of nitriles is 1. The summed E-state index contributed by atoms with van der Waals surface area (Å²) >= 11 is 0. The molecule has 2 heterocycles. The molecule has 0 N–H and O–H groups in total. The molecule has 3 rings (SSSR count). The molecular weight excluding hydrogens is 286 g/mol. The van der Waals surface area contributed by atoms with E-state index in [0.29, 0.717) is 11.7 Å². The molecular formula is C18H21N5. The lowest BCUT2D eigenvalue weighted by Crippen LogP contribution is -2.46. The molecule has 0 aliphatic carbocycles. The zero-order valence-electron chi connectivity index (χ0n) is 13.4. The van der Waals surface area contributed by atoms with Crippen LogP contribution in [0.1, 0.15) is 24.1 Å². The van der Waals surface area contributed by atoms with Crippen LogP contribution in [0.25, 0.3) is 0 Å². The van der Waals surface area contributed by atoms with Crippen LogP contribution >= 0.6 is 0 Å². The molecule has 5 nitrogen and oxygen atoms in total. The van der Waals surface area contributed by atoms with E-state index >= 15 is 0 Å². The summed E-state index contributed by atoms with van der Waals surface area (Å²) in [6, 6.07) is 13.0. The largest absolute Gasteiger partial charge is 0.354 e. The Labute approximate surface area is 137 Å². The van der Waals surface area contributed by atoms with E-state index in [-0.39, 0.29) is 0 Å². The number of hydrogen-bond acceptors (Lipinski definition) is 5. The highest BCUT2D eigenvalue weighted by Crippen LogP contribution is 2.20. The molecule has 5 heteroatoms. The molecule has 1 fully saturated rings. The van der Waals surface area contributed by atoms with Crippen LogP contribution in [0.4, 0.5) is 5.82 Å². The Bertz CT molecular complexity index is 662. The molecule has 1 atom stereocenters. The zero-order valence-corrected chi connectivity index (χ0v) is 13.4. The van der Waals surface area contributed by atoms with Crippen LogP contribution in [0, 0.1) is 11.3 Å². The van der Waals surface area contributed by atoms with Crippen molar-refractivity contribution in [1.29, 1.82) is 5.26 Å². The van der Waals surface area contributed by atoms with Crippen molar-refractivity contribution in [2.45, 2.75) is 25.4 Å². The van der Waals surface area contributed by atoms with E-state index in [1.54, 1.807) is 6.20 Å². The van der Waals surface area contributed by atoms with Gasteiger partial charge in [0.05, 0.1) is 12.4 Å². The number of likely N-dealkylation sites (tertiary alicyclic amines) is 1. The maximum Gasteiger partial charge on any atom is 0.158 e. The lowest BCUT2D eigenvalue weighted by atomic mass is 10.0. The monoisotopic (exact) mass is 307 g/mol. The summed E-state index contributed by atoms with van der Waals surface area (Å²) in [7, 11) is 2.06. The van der Waals surface area contributed by atoms with Crippen molar-refractivity contribution >= 4 is 5.82 Å². The topological polar surface area (TPSA) is 56.1 Å². The van der Waals surface area contributed by atoms with Crippen molar-refractivity contribution in [1.82, 2.24) is 14.9 Å². The number of nitrogens with zero attached hydrogens (tertiary/aromatic N) is 5. The molecule has 1 aromatic carbocycles. The van der Waals surface area contributed by atoms with Gasteiger partial charge < -0.3 is 4.90 Å². The van der Waals surface area contributed by atoms with E-state index < -0.39 is 0 Å². The SMILES string of the molecule is CN(c1cnc(C#N)cn1)C1CCCN(Cc2ccccc2)C1. The number of benzene rings is 1. The Morgan fingerprint density at radius 2 is 2.09 bits per heavy atom. The standard InChI is InChI=1S/C18H21N5/c1-22(18-12-20-16(10-19)11-21-18)17-8-5-9-23(14-17)13-15-6-3-2-4-7-15/h2-4,6-7,11-12,17H,5,8-9,13-14H2,1H3. The normalized spacial score (nSPS) is 18.3. The summed E-state index contributed by atoms with van der Waals surface area (Å²) in [6.07, 6.45) is 5.57. The van der Waals surface area contributed by atoms with Crippen LogP contribution in [-0.2, 0) is 6.54 Å². The van der Waals surface area contributed by atoms with Gasteiger partial charge in [0.1, 0.15) is 11.9 Å². The van der Waals surface area contributed by atoms with Crippen LogP contribution in [0.5, 0.6) is 0 Å². The molecule has 0 saturated carbocycles. The first-order chi connectivity index (χ1) is 11.3. The summed E-state index contributed by atoms with van der Waals surface area (Å²) in [4.78, 5) is 13.2. The van der Waals surface area contributed by atoms with Gasteiger partial charge in [-0.25, -0.2) is 9.97 Å². The van der Waals surface area contributed by atoms with Crippen LogP contribution in [0.3, 0.4) is 0 Å². The van der Waals surface area contributed by atoms with E-state index in [0.717, 1.165) is 31.9 Å². The molecule has 1 aromatic heterocycles. The minimum absolute atomic E-state index is 0.358. The minimum Gasteiger partial charge on any atom is -0.354 e. The van der Waals surface area contributed by atoms with Crippen molar-refractivity contribution in [2.24, 2.45) is 0 Å². The number of anilines is 1. The fourth-order valence-electron chi connectivity index (χ4n) is 3.08. The maximum absolute atomic E-state index is 8.82. The second kappa shape index (κ2) is 7.21. The fourth-order valence-corrected chi connectivity index (χ4v) is 3.08. The third-order valence-electron chi connectivity index (χ3n) is 4.39. The van der Waals surface area contributed by atoms with Crippen molar-refractivity contribution in [3.8, 4) is 6.07 Å². The molecule has 0 amide bonds. The molecule has 1 aliphatic rings. The second-order valence-electron chi connectivity index (χ2n) is 6.00. The molecule has 118 valence electrons. The minimum atomic E-state index is 0.358. The molecule has 1 saturated heterocycles. The van der Waals surface area contributed by atoms with E-state index in [9.17, 15) is 0 Å². The second-order valence-corrected chi connectivity index (χ2v) is 6.00. The highest BCUT2D eigenvalue weighted by molar-refractivity contribution is 5.37. The summed E-state index contributed by atoms with van der Waals surface area (Å²) < 4.78 is 0. The quantitative estimate of drug-likeness (QED) is 0.868. The van der Waals surface area contributed by atoms with E-state index in [1.165, 1.54) is 18.2 Å². The van der Waals surface area contributed by atoms with Crippen LogP contribution in [0.2, 0.25) is 0 Å². The van der Waals surface area contributed by atoms with Crippen LogP contribution in [-0.4, -0.2) is 41.0 Å². The maximum atomic E-state index is 8.82. The highest BCUT2D eigenvalue weighted by Gasteiger charge is 2.24. The Balaban J connectivity index is 1.64. The smallest absolute Gasteiger partial charge is 0.158 e. The molecule has 2 aromatic rings. The van der Waals surface area contributed by atoms with Gasteiger partial charge in [0.25, 0.3) is 0 Å². The Hall–Kier alpha value is -2.45. The zero-order chi connectivity index (χ0) is 16.1. The van der Waals surface area contributed by atoms with E-state index in [2.05, 4.69) is 57.1 Å². The van der Waals surface area contributed by atoms with Gasteiger partial charge in [-0.05, 0) is 24.9 Å². The predicted molar refractivity (Wildman–Crippen MR) is 89.9 cm³/mol.